The van der Waals surface area contributed by atoms with Crippen molar-refractivity contribution in [2.45, 2.75) is 26.7 Å². The van der Waals surface area contributed by atoms with Crippen molar-refractivity contribution in [3.8, 4) is 11.5 Å². The van der Waals surface area contributed by atoms with Crippen molar-refractivity contribution >= 4 is 22.9 Å². The zero-order valence-corrected chi connectivity index (χ0v) is 14.2. The second kappa shape index (κ2) is 5.84. The van der Waals surface area contributed by atoms with Gasteiger partial charge in [0.05, 0.1) is 11.1 Å². The van der Waals surface area contributed by atoms with Gasteiger partial charge in [0.1, 0.15) is 5.52 Å². The Morgan fingerprint density at radius 1 is 1.04 bits per heavy atom. The van der Waals surface area contributed by atoms with Crippen LogP contribution in [0.3, 0.4) is 0 Å². The lowest BCUT2D eigenvalue weighted by Gasteiger charge is -2.12. The Bertz CT molecular complexity index is 1000. The van der Waals surface area contributed by atoms with E-state index in [9.17, 15) is 9.59 Å². The Kier molecular flexibility index (Phi) is 3.64. The summed E-state index contributed by atoms with van der Waals surface area (Å²) in [6.07, 6.45) is 1.74. The summed E-state index contributed by atoms with van der Waals surface area (Å²) in [6, 6.07) is 11.0. The van der Waals surface area contributed by atoms with Gasteiger partial charge in [0.15, 0.2) is 5.58 Å². The van der Waals surface area contributed by atoms with Gasteiger partial charge in [-0.3, -0.25) is 14.5 Å². The van der Waals surface area contributed by atoms with Gasteiger partial charge in [-0.15, -0.1) is 0 Å². The number of hydrogen-bond acceptors (Lipinski definition) is 4. The molecule has 0 fully saturated rings. The minimum absolute atomic E-state index is 0.215. The second-order valence-electron chi connectivity index (χ2n) is 6.37. The monoisotopic (exact) mass is 334 g/mol. The van der Waals surface area contributed by atoms with Gasteiger partial charge in [-0.1, -0.05) is 19.4 Å². The molecule has 0 atom stereocenters. The fraction of sp³-hybridized carbons (Fsp3) is 0.250. The van der Waals surface area contributed by atoms with Crippen molar-refractivity contribution in [2.75, 3.05) is 6.54 Å². The number of amides is 2. The summed E-state index contributed by atoms with van der Waals surface area (Å²) < 4.78 is 5.80. The van der Waals surface area contributed by atoms with Crippen molar-refractivity contribution in [3.05, 3.63) is 53.1 Å². The number of rotatable bonds is 4. The number of hydrogen-bond donors (Lipinski definition) is 0. The van der Waals surface area contributed by atoms with E-state index in [0.29, 0.717) is 34.7 Å². The van der Waals surface area contributed by atoms with Gasteiger partial charge in [0.25, 0.3) is 11.8 Å². The molecule has 0 saturated heterocycles. The number of aryl methyl sites for hydroxylation is 1. The van der Waals surface area contributed by atoms with Crippen molar-refractivity contribution in [1.82, 2.24) is 9.88 Å². The first-order valence-corrected chi connectivity index (χ1v) is 8.46. The maximum absolute atomic E-state index is 12.6. The van der Waals surface area contributed by atoms with Crippen molar-refractivity contribution in [3.63, 3.8) is 0 Å². The highest BCUT2D eigenvalue weighted by molar-refractivity contribution is 6.21. The van der Waals surface area contributed by atoms with Crippen molar-refractivity contribution < 1.29 is 14.0 Å². The number of nitrogens with zero attached hydrogens (tertiary/aromatic N) is 2. The zero-order chi connectivity index (χ0) is 17.6. The summed E-state index contributed by atoms with van der Waals surface area (Å²) >= 11 is 0. The number of imide groups is 1. The third-order valence-electron chi connectivity index (χ3n) is 4.50. The predicted octanol–water partition coefficient (Wildman–Crippen LogP) is 4.20. The highest BCUT2D eigenvalue weighted by Crippen LogP contribution is 2.30. The predicted molar refractivity (Wildman–Crippen MR) is 94.5 cm³/mol. The van der Waals surface area contributed by atoms with Crippen LogP contribution in [-0.2, 0) is 0 Å². The number of oxazole rings is 1. The van der Waals surface area contributed by atoms with E-state index >= 15 is 0 Å². The van der Waals surface area contributed by atoms with Gasteiger partial charge in [-0.25, -0.2) is 4.98 Å². The summed E-state index contributed by atoms with van der Waals surface area (Å²) in [4.78, 5) is 30.8. The number of fused-ring (bicyclic) bond motifs is 2. The van der Waals surface area contributed by atoms with Gasteiger partial charge < -0.3 is 4.42 Å². The van der Waals surface area contributed by atoms with Gasteiger partial charge in [-0.2, -0.15) is 0 Å². The molecule has 25 heavy (non-hydrogen) atoms. The average Bonchev–Trinajstić information content (AvgIpc) is 3.13. The summed E-state index contributed by atoms with van der Waals surface area (Å²) in [7, 11) is 0. The Hall–Kier alpha value is -2.95. The normalized spacial score (nSPS) is 13.8. The van der Waals surface area contributed by atoms with Gasteiger partial charge in [0, 0.05) is 12.1 Å². The van der Waals surface area contributed by atoms with Gasteiger partial charge >= 0.3 is 0 Å². The smallest absolute Gasteiger partial charge is 0.261 e. The number of carbonyl (C=O) groups is 2. The van der Waals surface area contributed by atoms with Crippen LogP contribution in [0.25, 0.3) is 22.6 Å². The van der Waals surface area contributed by atoms with Crippen LogP contribution < -0.4 is 0 Å². The third kappa shape index (κ3) is 2.52. The van der Waals surface area contributed by atoms with Crippen LogP contribution in [0.15, 0.2) is 40.8 Å². The Labute approximate surface area is 145 Å². The summed E-state index contributed by atoms with van der Waals surface area (Å²) in [5.41, 5.74) is 4.17. The van der Waals surface area contributed by atoms with Crippen molar-refractivity contribution in [1.29, 1.82) is 0 Å². The zero-order valence-electron chi connectivity index (χ0n) is 14.2. The highest BCUT2D eigenvalue weighted by Gasteiger charge is 2.35. The van der Waals surface area contributed by atoms with Crippen LogP contribution >= 0.6 is 0 Å². The standard InChI is InChI=1S/C20H18N2O3/c1-3-4-9-22-19(23)14-7-6-13(11-15(14)20(22)24)18-21-16-10-12(2)5-8-17(16)25-18/h5-8,10-11H,3-4,9H2,1-2H3. The highest BCUT2D eigenvalue weighted by atomic mass is 16.3. The second-order valence-corrected chi connectivity index (χ2v) is 6.37. The molecule has 5 nitrogen and oxygen atoms in total. The van der Waals surface area contributed by atoms with E-state index in [-0.39, 0.29) is 11.8 Å². The first kappa shape index (κ1) is 15.6. The molecule has 2 aromatic carbocycles. The lowest BCUT2D eigenvalue weighted by molar-refractivity contribution is 0.0652. The van der Waals surface area contributed by atoms with E-state index in [4.69, 9.17) is 4.42 Å². The largest absolute Gasteiger partial charge is 0.436 e. The van der Waals surface area contributed by atoms with E-state index < -0.39 is 0 Å². The maximum Gasteiger partial charge on any atom is 0.261 e. The lowest BCUT2D eigenvalue weighted by Crippen LogP contribution is -2.30. The Morgan fingerprint density at radius 2 is 1.84 bits per heavy atom. The Morgan fingerprint density at radius 3 is 2.64 bits per heavy atom. The molecule has 0 spiro atoms. The van der Waals surface area contributed by atoms with E-state index in [1.54, 1.807) is 18.2 Å². The minimum Gasteiger partial charge on any atom is -0.436 e. The summed E-state index contributed by atoms with van der Waals surface area (Å²) in [6.45, 7) is 4.49. The van der Waals surface area contributed by atoms with Crippen LogP contribution in [0.1, 0.15) is 46.0 Å². The molecule has 0 N–H and O–H groups in total. The molecule has 2 heterocycles. The van der Waals surface area contributed by atoms with Crippen LogP contribution in [-0.4, -0.2) is 28.2 Å². The van der Waals surface area contributed by atoms with Crippen molar-refractivity contribution in [2.24, 2.45) is 0 Å². The quantitative estimate of drug-likeness (QED) is 0.671. The molecule has 1 aliphatic heterocycles. The van der Waals surface area contributed by atoms with Gasteiger partial charge in [0.2, 0.25) is 5.89 Å². The molecule has 0 saturated carbocycles. The summed E-state index contributed by atoms with van der Waals surface area (Å²) in [5.74, 6) is 0.00565. The molecule has 5 heteroatoms. The number of unbranched alkanes of at least 4 members (excludes halogenated alkanes) is 1. The molecule has 0 bridgehead atoms. The first-order chi connectivity index (χ1) is 12.1. The van der Waals surface area contributed by atoms with E-state index in [2.05, 4.69) is 4.98 Å². The molecule has 0 unspecified atom stereocenters. The first-order valence-electron chi connectivity index (χ1n) is 8.46. The SMILES string of the molecule is CCCCN1C(=O)c2ccc(-c3nc4cc(C)ccc4o3)cc2C1=O. The fourth-order valence-corrected chi connectivity index (χ4v) is 3.10. The molecular formula is C20H18N2O3. The molecule has 1 aliphatic rings. The Balaban J connectivity index is 1.73. The third-order valence-corrected chi connectivity index (χ3v) is 4.50. The van der Waals surface area contributed by atoms with E-state index in [1.807, 2.05) is 32.0 Å². The topological polar surface area (TPSA) is 63.4 Å². The lowest BCUT2D eigenvalue weighted by atomic mass is 10.1. The van der Waals surface area contributed by atoms with Crippen LogP contribution in [0, 0.1) is 6.92 Å². The molecule has 4 rings (SSSR count). The summed E-state index contributed by atoms with van der Waals surface area (Å²) in [5, 5.41) is 0. The molecular weight excluding hydrogens is 316 g/mol. The number of benzene rings is 2. The molecule has 0 aliphatic carbocycles. The number of aromatic nitrogens is 1. The van der Waals surface area contributed by atoms with Crippen LogP contribution in [0.5, 0.6) is 0 Å². The van der Waals surface area contributed by atoms with E-state index in [1.165, 1.54) is 4.90 Å². The van der Waals surface area contributed by atoms with Gasteiger partial charge in [-0.05, 0) is 49.2 Å². The minimum atomic E-state index is -0.234. The molecule has 126 valence electrons. The molecule has 1 aromatic heterocycles. The van der Waals surface area contributed by atoms with Crippen LogP contribution in [0.4, 0.5) is 0 Å². The fourth-order valence-electron chi connectivity index (χ4n) is 3.10. The number of carbonyl (C=O) groups excluding carboxylic acids is 2. The average molecular weight is 334 g/mol. The van der Waals surface area contributed by atoms with E-state index in [0.717, 1.165) is 23.9 Å². The molecule has 2 amide bonds. The van der Waals surface area contributed by atoms with Crippen LogP contribution in [0.2, 0.25) is 0 Å². The molecule has 3 aromatic rings. The molecule has 0 radical (unpaired) electrons. The maximum atomic E-state index is 12.6.